The summed E-state index contributed by atoms with van der Waals surface area (Å²) in [5.74, 6) is 1.97. The molecule has 1 amide bonds. The minimum atomic E-state index is 0.350. The van der Waals surface area contributed by atoms with Gasteiger partial charge in [0.2, 0.25) is 5.91 Å². The summed E-state index contributed by atoms with van der Waals surface area (Å²) in [6, 6.07) is 10.7. The number of benzene rings is 1. The van der Waals surface area contributed by atoms with E-state index in [-0.39, 0.29) is 0 Å². The minimum absolute atomic E-state index is 0.350. The molecule has 3 heterocycles. The quantitative estimate of drug-likeness (QED) is 0.851. The SMILES string of the molecule is O=C(C[C@@H]1COC[C@H]2CN(Cc3ccccc3)C[C@@H]12)N1CCCC1. The molecular formula is C20H28N2O2. The third-order valence-electron chi connectivity index (χ3n) is 5.98. The van der Waals surface area contributed by atoms with Crippen LogP contribution in [0.2, 0.25) is 0 Å². The van der Waals surface area contributed by atoms with Gasteiger partial charge in [0.25, 0.3) is 0 Å². The number of carbonyl (C=O) groups excluding carboxylic acids is 1. The lowest BCUT2D eigenvalue weighted by molar-refractivity contribution is -0.133. The molecule has 3 aliphatic heterocycles. The van der Waals surface area contributed by atoms with Crippen LogP contribution in [0.3, 0.4) is 0 Å². The lowest BCUT2D eigenvalue weighted by Gasteiger charge is -2.33. The molecule has 4 rings (SSSR count). The molecule has 3 fully saturated rings. The fourth-order valence-corrected chi connectivity index (χ4v) is 4.69. The Balaban J connectivity index is 1.36. The highest BCUT2D eigenvalue weighted by atomic mass is 16.5. The van der Waals surface area contributed by atoms with E-state index in [4.69, 9.17) is 4.74 Å². The summed E-state index contributed by atoms with van der Waals surface area (Å²) in [6.07, 6.45) is 3.02. The molecule has 24 heavy (non-hydrogen) atoms. The molecule has 1 aromatic rings. The number of amides is 1. The van der Waals surface area contributed by atoms with E-state index in [1.807, 2.05) is 0 Å². The smallest absolute Gasteiger partial charge is 0.222 e. The van der Waals surface area contributed by atoms with Crippen LogP contribution in [-0.4, -0.2) is 55.1 Å². The van der Waals surface area contributed by atoms with Crippen molar-refractivity contribution in [3.05, 3.63) is 35.9 Å². The molecule has 0 bridgehead atoms. The second kappa shape index (κ2) is 7.24. The number of carbonyl (C=O) groups is 1. The van der Waals surface area contributed by atoms with Crippen LogP contribution in [0.25, 0.3) is 0 Å². The number of rotatable bonds is 4. The molecule has 0 N–H and O–H groups in total. The first-order chi connectivity index (χ1) is 11.8. The molecule has 130 valence electrons. The number of nitrogens with zero attached hydrogens (tertiary/aromatic N) is 2. The van der Waals surface area contributed by atoms with Crippen molar-refractivity contribution in [3.63, 3.8) is 0 Å². The van der Waals surface area contributed by atoms with Gasteiger partial charge in [0, 0.05) is 39.1 Å². The van der Waals surface area contributed by atoms with Gasteiger partial charge < -0.3 is 9.64 Å². The molecule has 1 aromatic carbocycles. The molecule has 3 saturated heterocycles. The summed E-state index contributed by atoms with van der Waals surface area (Å²) < 4.78 is 5.86. The van der Waals surface area contributed by atoms with Gasteiger partial charge in [-0.25, -0.2) is 0 Å². The minimum Gasteiger partial charge on any atom is -0.381 e. The fourth-order valence-electron chi connectivity index (χ4n) is 4.69. The first-order valence-corrected chi connectivity index (χ1v) is 9.41. The fraction of sp³-hybridized carbons (Fsp3) is 0.650. The average Bonchev–Trinajstić information content (AvgIpc) is 3.25. The monoisotopic (exact) mass is 328 g/mol. The third-order valence-corrected chi connectivity index (χ3v) is 5.98. The molecule has 4 nitrogen and oxygen atoms in total. The zero-order valence-corrected chi connectivity index (χ0v) is 14.4. The Labute approximate surface area is 144 Å². The zero-order valence-electron chi connectivity index (χ0n) is 14.4. The van der Waals surface area contributed by atoms with Gasteiger partial charge in [0.05, 0.1) is 13.2 Å². The first kappa shape index (κ1) is 16.1. The highest BCUT2D eigenvalue weighted by molar-refractivity contribution is 5.76. The van der Waals surface area contributed by atoms with Crippen molar-refractivity contribution in [3.8, 4) is 0 Å². The summed E-state index contributed by atoms with van der Waals surface area (Å²) in [5.41, 5.74) is 1.38. The molecular weight excluding hydrogens is 300 g/mol. The topological polar surface area (TPSA) is 32.8 Å². The highest BCUT2D eigenvalue weighted by Gasteiger charge is 2.41. The Hall–Kier alpha value is -1.39. The third kappa shape index (κ3) is 3.50. The number of hydrogen-bond donors (Lipinski definition) is 0. The van der Waals surface area contributed by atoms with Crippen molar-refractivity contribution in [2.75, 3.05) is 39.4 Å². The van der Waals surface area contributed by atoms with Crippen molar-refractivity contribution in [2.24, 2.45) is 17.8 Å². The van der Waals surface area contributed by atoms with E-state index in [0.717, 1.165) is 45.9 Å². The Bertz CT molecular complexity index is 556. The molecule has 0 aromatic heterocycles. The van der Waals surface area contributed by atoms with Crippen molar-refractivity contribution in [1.82, 2.24) is 9.80 Å². The van der Waals surface area contributed by atoms with Crippen LogP contribution in [-0.2, 0) is 16.1 Å². The molecule has 0 aliphatic carbocycles. The van der Waals surface area contributed by atoms with Crippen molar-refractivity contribution in [1.29, 1.82) is 0 Å². The van der Waals surface area contributed by atoms with Crippen LogP contribution in [0.15, 0.2) is 30.3 Å². The van der Waals surface area contributed by atoms with Crippen molar-refractivity contribution in [2.45, 2.75) is 25.8 Å². The predicted molar refractivity (Wildman–Crippen MR) is 93.4 cm³/mol. The Morgan fingerprint density at radius 3 is 2.67 bits per heavy atom. The van der Waals surface area contributed by atoms with E-state index in [9.17, 15) is 4.79 Å². The average molecular weight is 328 g/mol. The van der Waals surface area contributed by atoms with Crippen LogP contribution in [0.1, 0.15) is 24.8 Å². The van der Waals surface area contributed by atoms with Crippen LogP contribution in [0, 0.1) is 17.8 Å². The lowest BCUT2D eigenvalue weighted by Crippen LogP contribution is -2.39. The van der Waals surface area contributed by atoms with Crippen LogP contribution in [0.4, 0.5) is 0 Å². The molecule has 4 heteroatoms. The Kier molecular flexibility index (Phi) is 4.86. The standard InChI is InChI=1S/C20H28N2O2/c23-20(22-8-4-5-9-22)10-17-14-24-15-18-12-21(13-19(17)18)11-16-6-2-1-3-7-16/h1-3,6-7,17-19H,4-5,8-15H2/t17-,18-,19+/m1/s1. The summed E-state index contributed by atoms with van der Waals surface area (Å²) in [7, 11) is 0. The summed E-state index contributed by atoms with van der Waals surface area (Å²) in [4.78, 5) is 17.1. The molecule has 0 spiro atoms. The van der Waals surface area contributed by atoms with Gasteiger partial charge in [-0.1, -0.05) is 30.3 Å². The highest BCUT2D eigenvalue weighted by Crippen LogP contribution is 2.36. The van der Waals surface area contributed by atoms with Crippen LogP contribution >= 0.6 is 0 Å². The first-order valence-electron chi connectivity index (χ1n) is 9.41. The van der Waals surface area contributed by atoms with Crippen molar-refractivity contribution >= 4 is 5.91 Å². The van der Waals surface area contributed by atoms with E-state index in [1.165, 1.54) is 18.4 Å². The van der Waals surface area contributed by atoms with Crippen LogP contribution in [0.5, 0.6) is 0 Å². The summed E-state index contributed by atoms with van der Waals surface area (Å²) in [6.45, 7) is 6.78. The maximum Gasteiger partial charge on any atom is 0.222 e. The molecule has 0 radical (unpaired) electrons. The second-order valence-corrected chi connectivity index (χ2v) is 7.69. The summed E-state index contributed by atoms with van der Waals surface area (Å²) >= 11 is 0. The van der Waals surface area contributed by atoms with Gasteiger partial charge in [-0.15, -0.1) is 0 Å². The van der Waals surface area contributed by atoms with E-state index in [0.29, 0.717) is 30.1 Å². The number of fused-ring (bicyclic) bond motifs is 1. The summed E-state index contributed by atoms with van der Waals surface area (Å²) in [5, 5.41) is 0. The van der Waals surface area contributed by atoms with Crippen molar-refractivity contribution < 1.29 is 9.53 Å². The molecule has 3 aliphatic rings. The van der Waals surface area contributed by atoms with E-state index < -0.39 is 0 Å². The lowest BCUT2D eigenvalue weighted by atomic mass is 9.81. The number of hydrogen-bond acceptors (Lipinski definition) is 3. The van der Waals surface area contributed by atoms with Gasteiger partial charge in [0.1, 0.15) is 0 Å². The Morgan fingerprint density at radius 2 is 1.88 bits per heavy atom. The second-order valence-electron chi connectivity index (χ2n) is 7.69. The maximum atomic E-state index is 12.5. The largest absolute Gasteiger partial charge is 0.381 e. The van der Waals surface area contributed by atoms with Gasteiger partial charge >= 0.3 is 0 Å². The number of ether oxygens (including phenoxy) is 1. The van der Waals surface area contributed by atoms with E-state index >= 15 is 0 Å². The van der Waals surface area contributed by atoms with Gasteiger partial charge in [-0.05, 0) is 36.2 Å². The zero-order chi connectivity index (χ0) is 16.4. The molecule has 0 saturated carbocycles. The normalized spacial score (nSPS) is 30.5. The molecule has 3 atom stereocenters. The van der Waals surface area contributed by atoms with Gasteiger partial charge in [-0.3, -0.25) is 9.69 Å². The predicted octanol–water partition coefficient (Wildman–Crippen LogP) is 2.39. The Morgan fingerprint density at radius 1 is 1.08 bits per heavy atom. The van der Waals surface area contributed by atoms with E-state index in [1.54, 1.807) is 0 Å². The maximum absolute atomic E-state index is 12.5. The van der Waals surface area contributed by atoms with Crippen LogP contribution < -0.4 is 0 Å². The van der Waals surface area contributed by atoms with E-state index in [2.05, 4.69) is 40.1 Å². The molecule has 0 unspecified atom stereocenters. The van der Waals surface area contributed by atoms with Gasteiger partial charge in [-0.2, -0.15) is 0 Å². The number of likely N-dealkylation sites (tertiary alicyclic amines) is 2. The van der Waals surface area contributed by atoms with Gasteiger partial charge in [0.15, 0.2) is 0 Å².